The molecular weight excluding hydrogens is 224 g/mol. The molecule has 2 rings (SSSR count). The number of rotatable bonds is 5. The van der Waals surface area contributed by atoms with Gasteiger partial charge in [-0.2, -0.15) is 0 Å². The standard InChI is InChI=1S/C15H30N2O/c1-16(2)10-6-12-17-11-5-8-14(17)13-7-3-4-9-15(13)18/h13-15,18H,3-12H2,1-2H3. The summed E-state index contributed by atoms with van der Waals surface area (Å²) in [6.45, 7) is 3.64. The number of nitrogens with zero attached hydrogens (tertiary/aromatic N) is 2. The summed E-state index contributed by atoms with van der Waals surface area (Å²) in [5.74, 6) is 0.556. The Hall–Kier alpha value is -0.120. The largest absolute Gasteiger partial charge is 0.393 e. The van der Waals surface area contributed by atoms with E-state index in [1.807, 2.05) is 0 Å². The van der Waals surface area contributed by atoms with Gasteiger partial charge in [0.15, 0.2) is 0 Å². The lowest BCUT2D eigenvalue weighted by molar-refractivity contribution is 0.0216. The first-order valence-electron chi connectivity index (χ1n) is 7.75. The van der Waals surface area contributed by atoms with Crippen LogP contribution in [-0.4, -0.2) is 60.8 Å². The van der Waals surface area contributed by atoms with Crippen molar-refractivity contribution in [1.82, 2.24) is 9.80 Å². The summed E-state index contributed by atoms with van der Waals surface area (Å²) in [5, 5.41) is 10.2. The molecule has 3 atom stereocenters. The summed E-state index contributed by atoms with van der Waals surface area (Å²) in [6, 6.07) is 0.669. The van der Waals surface area contributed by atoms with Gasteiger partial charge in [-0.3, -0.25) is 4.90 Å². The summed E-state index contributed by atoms with van der Waals surface area (Å²) >= 11 is 0. The number of hydrogen-bond donors (Lipinski definition) is 1. The minimum Gasteiger partial charge on any atom is -0.393 e. The van der Waals surface area contributed by atoms with Crippen LogP contribution in [0.1, 0.15) is 44.9 Å². The molecular formula is C15H30N2O. The second kappa shape index (κ2) is 6.88. The van der Waals surface area contributed by atoms with Crippen LogP contribution < -0.4 is 0 Å². The van der Waals surface area contributed by atoms with Crippen LogP contribution in [0.4, 0.5) is 0 Å². The molecule has 1 N–H and O–H groups in total. The number of aliphatic hydroxyl groups excluding tert-OH is 1. The smallest absolute Gasteiger partial charge is 0.0583 e. The summed E-state index contributed by atoms with van der Waals surface area (Å²) < 4.78 is 0. The van der Waals surface area contributed by atoms with E-state index in [0.717, 1.165) is 6.42 Å². The SMILES string of the molecule is CN(C)CCCN1CCCC1C1CCCCC1O. The number of hydrogen-bond acceptors (Lipinski definition) is 3. The minimum absolute atomic E-state index is 0.0294. The molecule has 3 unspecified atom stereocenters. The Bertz CT molecular complexity index is 245. The van der Waals surface area contributed by atoms with Crippen molar-refractivity contribution in [2.75, 3.05) is 33.7 Å². The fraction of sp³-hybridized carbons (Fsp3) is 1.00. The van der Waals surface area contributed by atoms with Gasteiger partial charge < -0.3 is 10.0 Å². The van der Waals surface area contributed by atoms with E-state index in [1.165, 1.54) is 58.2 Å². The molecule has 1 saturated heterocycles. The first-order chi connectivity index (χ1) is 8.68. The van der Waals surface area contributed by atoms with Gasteiger partial charge in [-0.25, -0.2) is 0 Å². The highest BCUT2D eigenvalue weighted by Gasteiger charge is 2.36. The van der Waals surface area contributed by atoms with Gasteiger partial charge in [0.2, 0.25) is 0 Å². The zero-order valence-electron chi connectivity index (χ0n) is 12.1. The average molecular weight is 254 g/mol. The Kier molecular flexibility index (Phi) is 5.46. The minimum atomic E-state index is -0.0294. The lowest BCUT2D eigenvalue weighted by atomic mass is 9.80. The Morgan fingerprint density at radius 1 is 1.11 bits per heavy atom. The zero-order chi connectivity index (χ0) is 13.0. The molecule has 106 valence electrons. The second-order valence-corrected chi connectivity index (χ2v) is 6.42. The molecule has 0 radical (unpaired) electrons. The summed E-state index contributed by atoms with van der Waals surface area (Å²) in [5.41, 5.74) is 0. The predicted octanol–water partition coefficient (Wildman–Crippen LogP) is 1.95. The van der Waals surface area contributed by atoms with Crippen LogP contribution >= 0.6 is 0 Å². The lowest BCUT2D eigenvalue weighted by Gasteiger charge is -2.37. The van der Waals surface area contributed by atoms with E-state index in [2.05, 4.69) is 23.9 Å². The Morgan fingerprint density at radius 3 is 2.61 bits per heavy atom. The van der Waals surface area contributed by atoms with E-state index in [-0.39, 0.29) is 6.10 Å². The van der Waals surface area contributed by atoms with Gasteiger partial charge >= 0.3 is 0 Å². The second-order valence-electron chi connectivity index (χ2n) is 6.42. The zero-order valence-corrected chi connectivity index (χ0v) is 12.1. The van der Waals surface area contributed by atoms with Crippen LogP contribution in [0, 0.1) is 5.92 Å². The molecule has 0 bridgehead atoms. The molecule has 2 aliphatic rings. The van der Waals surface area contributed by atoms with Gasteiger partial charge in [0.05, 0.1) is 6.10 Å². The number of likely N-dealkylation sites (tertiary alicyclic amines) is 1. The molecule has 1 aliphatic heterocycles. The fourth-order valence-corrected chi connectivity index (χ4v) is 3.79. The summed E-state index contributed by atoms with van der Waals surface area (Å²) in [4.78, 5) is 4.92. The van der Waals surface area contributed by atoms with Crippen molar-refractivity contribution < 1.29 is 5.11 Å². The van der Waals surface area contributed by atoms with Crippen LogP contribution in [0.15, 0.2) is 0 Å². The molecule has 0 aromatic heterocycles. The highest BCUT2D eigenvalue weighted by molar-refractivity contribution is 4.90. The Labute approximate surface area is 112 Å². The van der Waals surface area contributed by atoms with Crippen LogP contribution in [0.5, 0.6) is 0 Å². The van der Waals surface area contributed by atoms with Crippen LogP contribution in [-0.2, 0) is 0 Å². The van der Waals surface area contributed by atoms with Crippen molar-refractivity contribution in [3.8, 4) is 0 Å². The predicted molar refractivity (Wildman–Crippen MR) is 75.7 cm³/mol. The van der Waals surface area contributed by atoms with Crippen molar-refractivity contribution in [2.45, 2.75) is 57.1 Å². The normalized spacial score (nSPS) is 34.3. The molecule has 3 heteroatoms. The Morgan fingerprint density at radius 2 is 1.89 bits per heavy atom. The fourth-order valence-electron chi connectivity index (χ4n) is 3.79. The highest BCUT2D eigenvalue weighted by atomic mass is 16.3. The first kappa shape index (κ1) is 14.3. The maximum Gasteiger partial charge on any atom is 0.0583 e. The molecule has 0 amide bonds. The van der Waals surface area contributed by atoms with Crippen LogP contribution in [0.25, 0.3) is 0 Å². The van der Waals surface area contributed by atoms with Crippen molar-refractivity contribution in [1.29, 1.82) is 0 Å². The molecule has 1 aliphatic carbocycles. The van der Waals surface area contributed by atoms with E-state index in [4.69, 9.17) is 0 Å². The van der Waals surface area contributed by atoms with E-state index in [9.17, 15) is 5.11 Å². The summed E-state index contributed by atoms with van der Waals surface area (Å²) in [6.07, 6.45) is 8.70. The van der Waals surface area contributed by atoms with E-state index < -0.39 is 0 Å². The molecule has 0 aromatic carbocycles. The van der Waals surface area contributed by atoms with Gasteiger partial charge in [-0.15, -0.1) is 0 Å². The first-order valence-corrected chi connectivity index (χ1v) is 7.75. The van der Waals surface area contributed by atoms with Gasteiger partial charge in [-0.1, -0.05) is 12.8 Å². The molecule has 2 fully saturated rings. The highest BCUT2D eigenvalue weighted by Crippen LogP contribution is 2.34. The third kappa shape index (κ3) is 3.69. The van der Waals surface area contributed by atoms with E-state index in [1.54, 1.807) is 0 Å². The molecule has 18 heavy (non-hydrogen) atoms. The van der Waals surface area contributed by atoms with Gasteiger partial charge in [0.1, 0.15) is 0 Å². The third-order valence-corrected chi connectivity index (χ3v) is 4.74. The van der Waals surface area contributed by atoms with Crippen molar-refractivity contribution in [3.63, 3.8) is 0 Å². The van der Waals surface area contributed by atoms with Crippen molar-refractivity contribution in [3.05, 3.63) is 0 Å². The number of aliphatic hydroxyl groups is 1. The monoisotopic (exact) mass is 254 g/mol. The maximum atomic E-state index is 10.2. The molecule has 0 spiro atoms. The molecule has 3 nitrogen and oxygen atoms in total. The summed E-state index contributed by atoms with van der Waals surface area (Å²) in [7, 11) is 4.29. The van der Waals surface area contributed by atoms with Gasteiger partial charge in [-0.05, 0) is 65.8 Å². The Balaban J connectivity index is 1.82. The molecule has 0 aromatic rings. The molecule has 1 heterocycles. The van der Waals surface area contributed by atoms with Crippen LogP contribution in [0.3, 0.4) is 0 Å². The lowest BCUT2D eigenvalue weighted by Crippen LogP contribution is -2.43. The molecule has 1 saturated carbocycles. The van der Waals surface area contributed by atoms with Gasteiger partial charge in [0.25, 0.3) is 0 Å². The third-order valence-electron chi connectivity index (χ3n) is 4.74. The van der Waals surface area contributed by atoms with Crippen LogP contribution in [0.2, 0.25) is 0 Å². The van der Waals surface area contributed by atoms with E-state index in [0.29, 0.717) is 12.0 Å². The topological polar surface area (TPSA) is 26.7 Å². The van der Waals surface area contributed by atoms with Crippen molar-refractivity contribution in [2.24, 2.45) is 5.92 Å². The quantitative estimate of drug-likeness (QED) is 0.812. The van der Waals surface area contributed by atoms with Crippen molar-refractivity contribution >= 4 is 0 Å². The van der Waals surface area contributed by atoms with E-state index >= 15 is 0 Å². The van der Waals surface area contributed by atoms with Gasteiger partial charge in [0, 0.05) is 12.0 Å². The average Bonchev–Trinajstić information content (AvgIpc) is 2.77. The maximum absolute atomic E-state index is 10.2.